The molecule has 0 atom stereocenters. The van der Waals surface area contributed by atoms with Gasteiger partial charge in [0.05, 0.1) is 0 Å². The summed E-state index contributed by atoms with van der Waals surface area (Å²) in [6.45, 7) is 0. The third kappa shape index (κ3) is 2.47. The summed E-state index contributed by atoms with van der Waals surface area (Å²) in [4.78, 5) is 0. The molecule has 0 fully saturated rings. The normalized spacial score (nSPS) is 13.7. The minimum atomic E-state index is -5.77. The molecule has 156 valence electrons. The number of benzene rings is 5. The van der Waals surface area contributed by atoms with E-state index in [0.717, 1.165) is 0 Å². The van der Waals surface area contributed by atoms with Gasteiger partial charge >= 0.3 is 193 Å². The molecule has 0 N–H and O–H groups in total. The van der Waals surface area contributed by atoms with Crippen molar-refractivity contribution in [1.82, 2.24) is 0 Å². The first-order valence-electron chi connectivity index (χ1n) is 11.0. The summed E-state index contributed by atoms with van der Waals surface area (Å²) in [5, 5.41) is 0. The van der Waals surface area contributed by atoms with Gasteiger partial charge in [-0.2, -0.15) is 0 Å². The molecule has 0 spiro atoms. The standard InChI is InChI=1S/5C6H5.ClH.Zr/c5*1-2-4-6-5-3-1;;/h5*1-5H;1H;/q;;;;;;+1/p-1. The van der Waals surface area contributed by atoms with Crippen LogP contribution in [0.3, 0.4) is 0 Å². The Kier molecular flexibility index (Phi) is 5.08. The zero-order chi connectivity index (χ0) is 22.0. The molecule has 0 heterocycles. The summed E-state index contributed by atoms with van der Waals surface area (Å²) in [6.07, 6.45) is 0. The first kappa shape index (κ1) is 21.1. The van der Waals surface area contributed by atoms with Crippen LogP contribution in [-0.2, 0) is 16.1 Å². The SMILES string of the molecule is [Cl][Zr]([c]1ccccc1)([c]1ccccc1)([c]1ccccc1)([c]1ccccc1)[c]1ccccc1. The Morgan fingerprint density at radius 3 is 0.594 bits per heavy atom. The van der Waals surface area contributed by atoms with Crippen molar-refractivity contribution >= 4 is 24.9 Å². The molecule has 0 aliphatic heterocycles. The van der Waals surface area contributed by atoms with Crippen molar-refractivity contribution in [2.45, 2.75) is 0 Å². The van der Waals surface area contributed by atoms with Gasteiger partial charge < -0.3 is 0 Å². The fourth-order valence-corrected chi connectivity index (χ4v) is 29.9. The van der Waals surface area contributed by atoms with E-state index in [1.165, 1.54) is 16.4 Å². The van der Waals surface area contributed by atoms with Crippen LogP contribution in [0.5, 0.6) is 0 Å². The number of halogens is 1. The van der Waals surface area contributed by atoms with Crippen LogP contribution in [0.2, 0.25) is 0 Å². The van der Waals surface area contributed by atoms with E-state index in [9.17, 15) is 0 Å². The van der Waals surface area contributed by atoms with Gasteiger partial charge in [0.1, 0.15) is 0 Å². The van der Waals surface area contributed by atoms with Gasteiger partial charge in [-0.15, -0.1) is 0 Å². The van der Waals surface area contributed by atoms with Gasteiger partial charge in [0, 0.05) is 0 Å². The Bertz CT molecular complexity index is 1080. The summed E-state index contributed by atoms with van der Waals surface area (Å²) in [5.74, 6) is 0. The zero-order valence-corrected chi connectivity index (χ0v) is 21.0. The van der Waals surface area contributed by atoms with Crippen LogP contribution in [0.25, 0.3) is 0 Å². The monoisotopic (exact) mass is 510 g/mol. The molecule has 5 aromatic carbocycles. The van der Waals surface area contributed by atoms with Crippen LogP contribution in [0.1, 0.15) is 0 Å². The second-order valence-corrected chi connectivity index (χ2v) is 29.7. The van der Waals surface area contributed by atoms with E-state index in [2.05, 4.69) is 152 Å². The summed E-state index contributed by atoms with van der Waals surface area (Å²) in [7, 11) is 8.89. The molecule has 0 unspecified atom stereocenters. The quantitative estimate of drug-likeness (QED) is 0.312. The number of rotatable bonds is 5. The van der Waals surface area contributed by atoms with Crippen molar-refractivity contribution in [3.8, 4) is 0 Å². The van der Waals surface area contributed by atoms with E-state index in [1.54, 1.807) is 0 Å². The molecular weight excluding hydrogens is 487 g/mol. The summed E-state index contributed by atoms with van der Waals surface area (Å²) >= 11 is -5.77. The molecule has 0 bridgehead atoms. The second-order valence-electron chi connectivity index (χ2n) is 8.55. The van der Waals surface area contributed by atoms with Crippen molar-refractivity contribution in [2.75, 3.05) is 0 Å². The maximum absolute atomic E-state index is 8.89. The van der Waals surface area contributed by atoms with Crippen LogP contribution < -0.4 is 16.4 Å². The molecule has 0 nitrogen and oxygen atoms in total. The van der Waals surface area contributed by atoms with Gasteiger partial charge in [0.25, 0.3) is 0 Å². The molecule has 0 saturated carbocycles. The van der Waals surface area contributed by atoms with E-state index in [-0.39, 0.29) is 0 Å². The molecule has 0 aromatic heterocycles. The Balaban J connectivity index is 2.23. The summed E-state index contributed by atoms with van der Waals surface area (Å²) in [5.41, 5.74) is 0. The predicted molar refractivity (Wildman–Crippen MR) is 136 cm³/mol. The maximum atomic E-state index is 8.89. The average molecular weight is 512 g/mol. The number of hydrogen-bond acceptors (Lipinski definition) is 0. The van der Waals surface area contributed by atoms with E-state index < -0.39 is 16.1 Å². The average Bonchev–Trinajstić information content (AvgIpc) is 2.91. The predicted octanol–water partition coefficient (Wildman–Crippen LogP) is 4.99. The Labute approximate surface area is 191 Å². The molecule has 0 amide bonds. The van der Waals surface area contributed by atoms with Gasteiger partial charge in [-0.3, -0.25) is 0 Å². The molecule has 5 aromatic rings. The molecule has 0 aliphatic rings. The van der Waals surface area contributed by atoms with E-state index in [4.69, 9.17) is 8.51 Å². The fraction of sp³-hybridized carbons (Fsp3) is 0. The fourth-order valence-electron chi connectivity index (χ4n) is 5.84. The second kappa shape index (κ2) is 7.70. The molecule has 32 heavy (non-hydrogen) atoms. The van der Waals surface area contributed by atoms with Crippen molar-refractivity contribution in [1.29, 1.82) is 0 Å². The molecule has 0 aliphatic carbocycles. The summed E-state index contributed by atoms with van der Waals surface area (Å²) in [6, 6.07) is 53.7. The van der Waals surface area contributed by atoms with Crippen molar-refractivity contribution in [2.24, 2.45) is 0 Å². The first-order valence-corrected chi connectivity index (χ1v) is 20.3. The van der Waals surface area contributed by atoms with Crippen molar-refractivity contribution in [3.63, 3.8) is 0 Å². The Morgan fingerprint density at radius 1 is 0.281 bits per heavy atom. The van der Waals surface area contributed by atoms with Crippen molar-refractivity contribution in [3.05, 3.63) is 152 Å². The van der Waals surface area contributed by atoms with Gasteiger partial charge in [0.15, 0.2) is 0 Å². The van der Waals surface area contributed by atoms with Crippen LogP contribution >= 0.6 is 8.51 Å². The third-order valence-corrected chi connectivity index (χ3v) is 34.7. The first-order chi connectivity index (χ1) is 15.7. The molecule has 0 radical (unpaired) electrons. The van der Waals surface area contributed by atoms with Crippen LogP contribution in [-0.4, -0.2) is 0 Å². The van der Waals surface area contributed by atoms with E-state index in [1.807, 2.05) is 0 Å². The molecule has 0 saturated heterocycles. The Hall–Kier alpha value is -2.73. The van der Waals surface area contributed by atoms with Gasteiger partial charge in [-0.1, -0.05) is 0 Å². The molecular formula is C30H25ClZr. The van der Waals surface area contributed by atoms with E-state index >= 15 is 0 Å². The van der Waals surface area contributed by atoms with E-state index in [0.29, 0.717) is 0 Å². The van der Waals surface area contributed by atoms with Crippen LogP contribution in [0, 0.1) is 0 Å². The Morgan fingerprint density at radius 2 is 0.438 bits per heavy atom. The molecule has 2 heteroatoms. The van der Waals surface area contributed by atoms with Gasteiger partial charge in [-0.05, 0) is 0 Å². The molecule has 5 rings (SSSR count). The zero-order valence-electron chi connectivity index (χ0n) is 17.8. The van der Waals surface area contributed by atoms with Crippen molar-refractivity contribution < 1.29 is 16.1 Å². The van der Waals surface area contributed by atoms with Crippen LogP contribution in [0.4, 0.5) is 0 Å². The minimum absolute atomic E-state index is 1.17. The van der Waals surface area contributed by atoms with Crippen LogP contribution in [0.15, 0.2) is 152 Å². The summed E-state index contributed by atoms with van der Waals surface area (Å²) < 4.78 is 5.86. The topological polar surface area (TPSA) is 0 Å². The number of hydrogen-bond donors (Lipinski definition) is 0. The third-order valence-electron chi connectivity index (χ3n) is 7.30. The van der Waals surface area contributed by atoms with Gasteiger partial charge in [-0.25, -0.2) is 0 Å². The van der Waals surface area contributed by atoms with Gasteiger partial charge in [0.2, 0.25) is 0 Å².